The molecule has 1 aliphatic heterocycles. The molecule has 0 spiro atoms. The molecule has 16 heteroatoms. The minimum Gasteiger partial charge on any atom is -0.464 e. The van der Waals surface area contributed by atoms with Crippen molar-refractivity contribution >= 4 is 29.9 Å². The molecule has 40 heavy (non-hydrogen) atoms. The van der Waals surface area contributed by atoms with Crippen LogP contribution in [-0.4, -0.2) is 82.1 Å². The van der Waals surface area contributed by atoms with E-state index in [-0.39, 0.29) is 0 Å². The molecule has 1 aliphatic rings. The summed E-state index contributed by atoms with van der Waals surface area (Å²) in [6.07, 6.45) is -5.41. The van der Waals surface area contributed by atoms with E-state index in [1.807, 2.05) is 4.98 Å². The van der Waals surface area contributed by atoms with Crippen molar-refractivity contribution in [2.45, 2.75) is 90.7 Å². The van der Waals surface area contributed by atoms with Crippen molar-refractivity contribution in [3.63, 3.8) is 0 Å². The maximum absolute atomic E-state index is 13.0. The van der Waals surface area contributed by atoms with Gasteiger partial charge in [0, 0.05) is 33.0 Å². The fourth-order valence-corrected chi connectivity index (χ4v) is 3.77. The van der Waals surface area contributed by atoms with Gasteiger partial charge in [-0.25, -0.2) is 9.59 Å². The molecule has 1 fully saturated rings. The van der Waals surface area contributed by atoms with E-state index in [2.05, 4.69) is 10.6 Å². The zero-order valence-corrected chi connectivity index (χ0v) is 23.2. The Balaban J connectivity index is 2.45. The van der Waals surface area contributed by atoms with Crippen LogP contribution in [0, 0.1) is 0 Å². The lowest BCUT2D eigenvalue weighted by molar-refractivity contribution is -0.166. The first-order valence-electron chi connectivity index (χ1n) is 12.2. The number of nitrogens with one attached hydrogen (secondary N) is 3. The van der Waals surface area contributed by atoms with Crippen molar-refractivity contribution in [2.75, 3.05) is 6.61 Å². The minimum atomic E-state index is -1.43. The lowest BCUT2D eigenvalue weighted by atomic mass is 10.0. The summed E-state index contributed by atoms with van der Waals surface area (Å²) in [5.41, 5.74) is -2.45. The molecule has 0 aromatic carbocycles. The number of nitrogens with zero attached hydrogens (tertiary/aromatic N) is 1. The zero-order valence-electron chi connectivity index (χ0n) is 23.2. The van der Waals surface area contributed by atoms with Gasteiger partial charge >= 0.3 is 29.7 Å². The summed E-state index contributed by atoms with van der Waals surface area (Å²) in [6.45, 7) is 9.07. The maximum atomic E-state index is 13.0. The van der Waals surface area contributed by atoms with E-state index in [1.54, 1.807) is 20.8 Å². The molecular formula is C24H34N4O12. The largest absolute Gasteiger partial charge is 0.464 e. The molecule has 0 bridgehead atoms. The predicted octanol–water partition coefficient (Wildman–Crippen LogP) is -0.741. The average molecular weight is 571 g/mol. The van der Waals surface area contributed by atoms with Gasteiger partial charge in [0.15, 0.2) is 18.4 Å². The number of aromatic nitrogens is 2. The normalized spacial score (nSPS) is 21.9. The van der Waals surface area contributed by atoms with Gasteiger partial charge in [0.1, 0.15) is 24.4 Å². The number of hydrogen-bond donors (Lipinski definition) is 3. The zero-order chi connectivity index (χ0) is 30.4. The number of carbonyl (C=O) groups is 5. The topological polar surface area (TPSA) is 210 Å². The highest BCUT2D eigenvalue weighted by Crippen LogP contribution is 2.35. The van der Waals surface area contributed by atoms with Crippen LogP contribution in [0.3, 0.4) is 0 Å². The SMILES string of the molecule is CC(=O)OC[C@@H](NC(=O)[C@H](C)NC(=O)OC(C)(C)C)[C@H]1O[C@@H](n2ccc(=O)[nH]c2=O)[C@H](OC(C)=O)[C@@H]1OC(C)=O. The number of carbonyl (C=O) groups excluding carboxylic acids is 5. The molecule has 0 radical (unpaired) electrons. The average Bonchev–Trinajstić information content (AvgIpc) is 3.11. The number of alkyl carbamates (subject to hydrolysis) is 1. The predicted molar refractivity (Wildman–Crippen MR) is 134 cm³/mol. The van der Waals surface area contributed by atoms with Crippen molar-refractivity contribution in [1.29, 1.82) is 0 Å². The van der Waals surface area contributed by atoms with Gasteiger partial charge in [0.25, 0.3) is 5.56 Å². The Bertz CT molecular complexity index is 1230. The van der Waals surface area contributed by atoms with E-state index < -0.39 is 90.0 Å². The van der Waals surface area contributed by atoms with Crippen LogP contribution in [-0.2, 0) is 42.9 Å². The molecule has 2 rings (SSSR count). The van der Waals surface area contributed by atoms with Crippen molar-refractivity contribution in [1.82, 2.24) is 20.2 Å². The molecule has 0 aliphatic carbocycles. The Labute approximate surface area is 228 Å². The number of ether oxygens (including phenoxy) is 5. The third-order valence-corrected chi connectivity index (χ3v) is 5.27. The van der Waals surface area contributed by atoms with Crippen LogP contribution in [0.15, 0.2) is 21.9 Å². The smallest absolute Gasteiger partial charge is 0.408 e. The lowest BCUT2D eigenvalue weighted by Crippen LogP contribution is -2.56. The van der Waals surface area contributed by atoms with Gasteiger partial charge < -0.3 is 34.3 Å². The summed E-state index contributed by atoms with van der Waals surface area (Å²) >= 11 is 0. The van der Waals surface area contributed by atoms with Gasteiger partial charge in [-0.2, -0.15) is 0 Å². The van der Waals surface area contributed by atoms with Gasteiger partial charge in [-0.15, -0.1) is 0 Å². The molecule has 1 aromatic rings. The standard InChI is InChI=1S/C24H34N4O12/c1-11(25-23(35)40-24(5,6)7)20(33)26-15(10-36-12(2)29)17-18(37-13(3)30)19(38-14(4)31)21(39-17)28-9-8-16(32)27-22(28)34/h8-9,11,15,17-19,21H,10H2,1-7H3,(H,25,35)(H,26,33)(H,27,32,34)/t11-,15+,17+,18+,19+,21+/m0/s1. The van der Waals surface area contributed by atoms with E-state index in [0.29, 0.717) is 0 Å². The molecule has 222 valence electrons. The quantitative estimate of drug-likeness (QED) is 0.248. The molecule has 6 atom stereocenters. The fourth-order valence-electron chi connectivity index (χ4n) is 3.77. The second-order valence-corrected chi connectivity index (χ2v) is 9.94. The van der Waals surface area contributed by atoms with Gasteiger partial charge in [0.05, 0.1) is 6.04 Å². The number of esters is 3. The first kappa shape index (κ1) is 32.0. The summed E-state index contributed by atoms with van der Waals surface area (Å²) in [6, 6.07) is -1.37. The summed E-state index contributed by atoms with van der Waals surface area (Å²) < 4.78 is 27.9. The van der Waals surface area contributed by atoms with Crippen LogP contribution in [0.2, 0.25) is 0 Å². The van der Waals surface area contributed by atoms with E-state index in [1.165, 1.54) is 6.92 Å². The fraction of sp³-hybridized carbons (Fsp3) is 0.625. The second kappa shape index (κ2) is 13.2. The number of aromatic amines is 1. The highest BCUT2D eigenvalue weighted by Gasteiger charge is 2.53. The Morgan fingerprint density at radius 2 is 1.60 bits per heavy atom. The first-order chi connectivity index (χ1) is 18.5. The highest BCUT2D eigenvalue weighted by atomic mass is 16.6. The molecule has 2 amide bonds. The Kier molecular flexibility index (Phi) is 10.6. The molecule has 1 saturated heterocycles. The maximum Gasteiger partial charge on any atom is 0.408 e. The Morgan fingerprint density at radius 1 is 1.00 bits per heavy atom. The molecule has 0 unspecified atom stereocenters. The molecule has 2 heterocycles. The van der Waals surface area contributed by atoms with Crippen LogP contribution in [0.1, 0.15) is 54.7 Å². The van der Waals surface area contributed by atoms with Crippen molar-refractivity contribution in [2.24, 2.45) is 0 Å². The van der Waals surface area contributed by atoms with Crippen LogP contribution in [0.25, 0.3) is 0 Å². The van der Waals surface area contributed by atoms with Gasteiger partial charge in [-0.3, -0.25) is 33.5 Å². The van der Waals surface area contributed by atoms with Crippen LogP contribution < -0.4 is 21.9 Å². The number of rotatable bonds is 9. The van der Waals surface area contributed by atoms with Crippen LogP contribution in [0.5, 0.6) is 0 Å². The lowest BCUT2D eigenvalue weighted by Gasteiger charge is -2.29. The second-order valence-electron chi connectivity index (χ2n) is 9.94. The summed E-state index contributed by atoms with van der Waals surface area (Å²) in [7, 11) is 0. The van der Waals surface area contributed by atoms with Gasteiger partial charge in [-0.1, -0.05) is 0 Å². The number of hydrogen-bond acceptors (Lipinski definition) is 12. The Hall–Kier alpha value is -4.21. The monoisotopic (exact) mass is 570 g/mol. The summed E-state index contributed by atoms with van der Waals surface area (Å²) in [4.78, 5) is 86.9. The first-order valence-corrected chi connectivity index (χ1v) is 12.2. The third-order valence-electron chi connectivity index (χ3n) is 5.27. The van der Waals surface area contributed by atoms with Crippen molar-refractivity contribution in [3.05, 3.63) is 33.1 Å². The summed E-state index contributed by atoms with van der Waals surface area (Å²) in [5.74, 6) is -3.11. The van der Waals surface area contributed by atoms with E-state index in [4.69, 9.17) is 23.7 Å². The molecule has 0 saturated carbocycles. The van der Waals surface area contributed by atoms with Crippen molar-refractivity contribution < 1.29 is 47.7 Å². The molecule has 16 nitrogen and oxygen atoms in total. The van der Waals surface area contributed by atoms with E-state index >= 15 is 0 Å². The highest BCUT2D eigenvalue weighted by molar-refractivity contribution is 5.85. The van der Waals surface area contributed by atoms with E-state index in [9.17, 15) is 33.6 Å². The van der Waals surface area contributed by atoms with Crippen molar-refractivity contribution in [3.8, 4) is 0 Å². The van der Waals surface area contributed by atoms with Crippen LogP contribution >= 0.6 is 0 Å². The minimum absolute atomic E-state index is 0.497. The van der Waals surface area contributed by atoms with Crippen LogP contribution in [0.4, 0.5) is 4.79 Å². The van der Waals surface area contributed by atoms with Gasteiger partial charge in [-0.05, 0) is 27.7 Å². The third kappa shape index (κ3) is 9.21. The number of amides is 2. The molecule has 1 aromatic heterocycles. The molecule has 3 N–H and O–H groups in total. The summed E-state index contributed by atoms with van der Waals surface area (Å²) in [5, 5.41) is 4.93. The van der Waals surface area contributed by atoms with E-state index in [0.717, 1.165) is 37.6 Å². The van der Waals surface area contributed by atoms with Gasteiger partial charge in [0.2, 0.25) is 5.91 Å². The number of H-pyrrole nitrogens is 1. The Morgan fingerprint density at radius 3 is 2.12 bits per heavy atom. The molecular weight excluding hydrogens is 536 g/mol.